The Bertz CT molecular complexity index is 958. The van der Waals surface area contributed by atoms with E-state index < -0.39 is 0 Å². The van der Waals surface area contributed by atoms with E-state index in [1.54, 1.807) is 6.92 Å². The van der Waals surface area contributed by atoms with Crippen molar-refractivity contribution in [3.8, 4) is 0 Å². The van der Waals surface area contributed by atoms with Gasteiger partial charge in [0, 0.05) is 31.7 Å². The molecule has 26 heavy (non-hydrogen) atoms. The van der Waals surface area contributed by atoms with Gasteiger partial charge in [-0.25, -0.2) is 0 Å². The van der Waals surface area contributed by atoms with Crippen LogP contribution in [0.4, 0.5) is 5.69 Å². The largest absolute Gasteiger partial charge is 0.326 e. The fourth-order valence-electron chi connectivity index (χ4n) is 4.00. The quantitative estimate of drug-likeness (QED) is 0.731. The molecule has 1 atom stereocenters. The fourth-order valence-corrected chi connectivity index (χ4v) is 4.00. The highest BCUT2D eigenvalue weighted by Crippen LogP contribution is 2.32. The topological polar surface area (TPSA) is 32.3 Å². The zero-order valence-corrected chi connectivity index (χ0v) is 15.3. The van der Waals surface area contributed by atoms with E-state index in [4.69, 9.17) is 0 Å². The van der Waals surface area contributed by atoms with E-state index in [1.807, 2.05) is 6.07 Å². The Morgan fingerprint density at radius 2 is 1.85 bits per heavy atom. The van der Waals surface area contributed by atoms with Crippen molar-refractivity contribution in [3.05, 3.63) is 77.4 Å². The van der Waals surface area contributed by atoms with E-state index in [0.29, 0.717) is 6.04 Å². The van der Waals surface area contributed by atoms with Gasteiger partial charge in [0.1, 0.15) is 0 Å². The summed E-state index contributed by atoms with van der Waals surface area (Å²) in [6, 6.07) is 21.9. The third kappa shape index (κ3) is 3.23. The van der Waals surface area contributed by atoms with Crippen LogP contribution >= 0.6 is 0 Å². The average Bonchev–Trinajstić information content (AvgIpc) is 2.66. The van der Waals surface area contributed by atoms with Crippen LogP contribution in [0, 0.1) is 0 Å². The first kappa shape index (κ1) is 16.8. The summed E-state index contributed by atoms with van der Waals surface area (Å²) in [5.74, 6) is -0.0213. The van der Waals surface area contributed by atoms with E-state index in [0.717, 1.165) is 25.2 Å². The Morgan fingerprint density at radius 1 is 1.04 bits per heavy atom. The van der Waals surface area contributed by atoms with E-state index in [9.17, 15) is 4.79 Å². The summed E-state index contributed by atoms with van der Waals surface area (Å²) >= 11 is 0. The molecule has 0 saturated heterocycles. The summed E-state index contributed by atoms with van der Waals surface area (Å²) in [7, 11) is 0. The van der Waals surface area contributed by atoms with Crippen LogP contribution in [-0.4, -0.2) is 17.4 Å². The van der Waals surface area contributed by atoms with Crippen LogP contribution in [0.15, 0.2) is 60.7 Å². The maximum Gasteiger partial charge on any atom is 0.221 e. The summed E-state index contributed by atoms with van der Waals surface area (Å²) in [6.07, 6.45) is 1.01. The number of hydrogen-bond acceptors (Lipinski definition) is 2. The Balaban J connectivity index is 1.59. The number of benzene rings is 3. The molecule has 0 saturated carbocycles. The number of hydrogen-bond donors (Lipinski definition) is 1. The van der Waals surface area contributed by atoms with Crippen molar-refractivity contribution in [2.24, 2.45) is 0 Å². The van der Waals surface area contributed by atoms with Crippen molar-refractivity contribution in [2.75, 3.05) is 11.9 Å². The molecular formula is C23H24N2O. The standard InChI is InChI=1S/C23H24N2O/c1-16(22-9-5-7-18-6-3-4-8-23(18)22)25-13-12-19-14-21(24-17(2)26)11-10-20(19)15-25/h3-11,14,16H,12-13,15H2,1-2H3,(H,24,26). The molecular weight excluding hydrogens is 320 g/mol. The minimum atomic E-state index is -0.0213. The monoisotopic (exact) mass is 344 g/mol. The number of nitrogens with zero attached hydrogens (tertiary/aromatic N) is 1. The second kappa shape index (κ2) is 6.93. The van der Waals surface area contributed by atoms with Crippen LogP contribution in [0.2, 0.25) is 0 Å². The first-order valence-electron chi connectivity index (χ1n) is 9.23. The van der Waals surface area contributed by atoms with Crippen molar-refractivity contribution in [1.29, 1.82) is 0 Å². The predicted octanol–water partition coefficient (Wildman–Crippen LogP) is 4.92. The highest BCUT2D eigenvalue weighted by molar-refractivity contribution is 5.88. The zero-order chi connectivity index (χ0) is 18.1. The number of anilines is 1. The predicted molar refractivity (Wildman–Crippen MR) is 107 cm³/mol. The zero-order valence-electron chi connectivity index (χ0n) is 15.3. The molecule has 0 fully saturated rings. The lowest BCUT2D eigenvalue weighted by Gasteiger charge is -2.34. The highest BCUT2D eigenvalue weighted by atomic mass is 16.1. The van der Waals surface area contributed by atoms with Gasteiger partial charge in [0.15, 0.2) is 0 Å². The van der Waals surface area contributed by atoms with Crippen LogP contribution in [0.25, 0.3) is 10.8 Å². The molecule has 1 aliphatic rings. The number of nitrogens with one attached hydrogen (secondary N) is 1. The summed E-state index contributed by atoms with van der Waals surface area (Å²) < 4.78 is 0. The van der Waals surface area contributed by atoms with Gasteiger partial charge in [-0.3, -0.25) is 9.69 Å². The Morgan fingerprint density at radius 3 is 2.69 bits per heavy atom. The van der Waals surface area contributed by atoms with Gasteiger partial charge in [-0.15, -0.1) is 0 Å². The average molecular weight is 344 g/mol. The minimum Gasteiger partial charge on any atom is -0.326 e. The fraction of sp³-hybridized carbons (Fsp3) is 0.261. The lowest BCUT2D eigenvalue weighted by molar-refractivity contribution is -0.114. The van der Waals surface area contributed by atoms with Crippen LogP contribution in [0.1, 0.15) is 36.6 Å². The summed E-state index contributed by atoms with van der Waals surface area (Å²) in [4.78, 5) is 13.8. The molecule has 3 aromatic rings. The molecule has 0 radical (unpaired) electrons. The Kier molecular flexibility index (Phi) is 4.48. The van der Waals surface area contributed by atoms with Crippen LogP contribution in [-0.2, 0) is 17.8 Å². The van der Waals surface area contributed by atoms with Gasteiger partial charge in [0.2, 0.25) is 5.91 Å². The third-order valence-corrected chi connectivity index (χ3v) is 5.39. The lowest BCUT2D eigenvalue weighted by Crippen LogP contribution is -2.33. The van der Waals surface area contributed by atoms with Crippen molar-refractivity contribution < 1.29 is 4.79 Å². The van der Waals surface area contributed by atoms with Crippen molar-refractivity contribution in [3.63, 3.8) is 0 Å². The first-order chi connectivity index (χ1) is 12.6. The molecule has 3 aromatic carbocycles. The molecule has 1 N–H and O–H groups in total. The number of rotatable bonds is 3. The van der Waals surface area contributed by atoms with Gasteiger partial charge in [0.05, 0.1) is 0 Å². The number of fused-ring (bicyclic) bond motifs is 2. The smallest absolute Gasteiger partial charge is 0.221 e. The van der Waals surface area contributed by atoms with Gasteiger partial charge in [-0.05, 0) is 52.9 Å². The molecule has 0 aromatic heterocycles. The maximum atomic E-state index is 11.3. The SMILES string of the molecule is CC(=O)Nc1ccc2c(c1)CCN(C(C)c1cccc3ccccc13)C2. The summed E-state index contributed by atoms with van der Waals surface area (Å²) in [5.41, 5.74) is 4.99. The van der Waals surface area contributed by atoms with Gasteiger partial charge in [-0.2, -0.15) is 0 Å². The molecule has 0 spiro atoms. The molecule has 1 unspecified atom stereocenters. The normalized spacial score (nSPS) is 15.5. The summed E-state index contributed by atoms with van der Waals surface area (Å²) in [5, 5.41) is 5.52. The van der Waals surface area contributed by atoms with Crippen molar-refractivity contribution in [2.45, 2.75) is 32.9 Å². The van der Waals surface area contributed by atoms with Crippen LogP contribution in [0.3, 0.4) is 0 Å². The first-order valence-corrected chi connectivity index (χ1v) is 9.23. The van der Waals surface area contributed by atoms with Gasteiger partial charge >= 0.3 is 0 Å². The van der Waals surface area contributed by atoms with Crippen molar-refractivity contribution in [1.82, 2.24) is 4.90 Å². The van der Waals surface area contributed by atoms with E-state index in [-0.39, 0.29) is 5.91 Å². The van der Waals surface area contributed by atoms with E-state index >= 15 is 0 Å². The van der Waals surface area contributed by atoms with Crippen molar-refractivity contribution >= 4 is 22.4 Å². The van der Waals surface area contributed by atoms with Gasteiger partial charge in [0.25, 0.3) is 0 Å². The Labute approximate surface area is 154 Å². The van der Waals surface area contributed by atoms with Gasteiger partial charge in [-0.1, -0.05) is 48.5 Å². The molecule has 0 bridgehead atoms. The number of carbonyl (C=O) groups excluding carboxylic acids is 1. The van der Waals surface area contributed by atoms with E-state index in [2.05, 4.69) is 71.7 Å². The van der Waals surface area contributed by atoms with Crippen LogP contribution in [0.5, 0.6) is 0 Å². The van der Waals surface area contributed by atoms with Gasteiger partial charge < -0.3 is 5.32 Å². The van der Waals surface area contributed by atoms with Crippen LogP contribution < -0.4 is 5.32 Å². The molecule has 3 heteroatoms. The molecule has 132 valence electrons. The molecule has 1 heterocycles. The Hall–Kier alpha value is -2.65. The highest BCUT2D eigenvalue weighted by Gasteiger charge is 2.23. The molecule has 1 aliphatic heterocycles. The molecule has 3 nitrogen and oxygen atoms in total. The lowest BCUT2D eigenvalue weighted by atomic mass is 9.94. The number of amides is 1. The minimum absolute atomic E-state index is 0.0213. The molecule has 4 rings (SSSR count). The molecule has 1 amide bonds. The van der Waals surface area contributed by atoms with E-state index in [1.165, 1.54) is 27.5 Å². The maximum absolute atomic E-state index is 11.3. The second-order valence-electron chi connectivity index (χ2n) is 7.13. The summed E-state index contributed by atoms with van der Waals surface area (Å²) in [6.45, 7) is 5.83. The third-order valence-electron chi connectivity index (χ3n) is 5.39. The molecule has 0 aliphatic carbocycles. The second-order valence-corrected chi connectivity index (χ2v) is 7.13. The number of carbonyl (C=O) groups is 1.